The van der Waals surface area contributed by atoms with Gasteiger partial charge in [0.15, 0.2) is 0 Å². The summed E-state index contributed by atoms with van der Waals surface area (Å²) in [4.78, 5) is 36.2. The van der Waals surface area contributed by atoms with Gasteiger partial charge in [0.1, 0.15) is 0 Å². The highest BCUT2D eigenvalue weighted by molar-refractivity contribution is 6.04. The summed E-state index contributed by atoms with van der Waals surface area (Å²) in [7, 11) is 0. The molecule has 6 heteroatoms. The largest absolute Gasteiger partial charge is 0.322 e. The minimum Gasteiger partial charge on any atom is -0.322 e. The van der Waals surface area contributed by atoms with Crippen LogP contribution in [0.5, 0.6) is 0 Å². The molecule has 0 aliphatic rings. The fourth-order valence-corrected chi connectivity index (χ4v) is 2.58. The number of rotatable bonds is 5. The summed E-state index contributed by atoms with van der Waals surface area (Å²) in [6, 6.07) is 23.0. The van der Waals surface area contributed by atoms with Crippen LogP contribution in [0.1, 0.15) is 31.8 Å². The summed E-state index contributed by atoms with van der Waals surface area (Å²) in [5.74, 6) is -1.15. The predicted molar refractivity (Wildman–Crippen MR) is 117 cm³/mol. The van der Waals surface area contributed by atoms with E-state index in [1.807, 2.05) is 49.4 Å². The molecule has 0 saturated heterocycles. The van der Waals surface area contributed by atoms with Gasteiger partial charge in [0.25, 0.3) is 17.7 Å². The van der Waals surface area contributed by atoms with Crippen LogP contribution in [0.4, 0.5) is 5.69 Å². The average molecular weight is 399 g/mol. The highest BCUT2D eigenvalue weighted by atomic mass is 16.2. The summed E-state index contributed by atoms with van der Waals surface area (Å²) in [5, 5.41) is 2.78. The third kappa shape index (κ3) is 5.90. The summed E-state index contributed by atoms with van der Waals surface area (Å²) in [6.45, 7) is 1.95. The summed E-state index contributed by atoms with van der Waals surface area (Å²) in [5.41, 5.74) is 8.08. The standard InChI is InChI=1S/C24H21N3O3/c1-17-7-10-19(11-8-17)23(29)25-21-14-12-20(13-15-21)24(30)27-26-22(28)16-9-18-5-3-2-4-6-18/h2-16H,1H3,(H,25,29)(H,26,28)(H,27,30)/b16-9+. The van der Waals surface area contributed by atoms with Crippen LogP contribution in [0.15, 0.2) is 84.9 Å². The quantitative estimate of drug-likeness (QED) is 0.451. The molecule has 0 heterocycles. The summed E-state index contributed by atoms with van der Waals surface area (Å²) >= 11 is 0. The molecule has 0 aliphatic heterocycles. The van der Waals surface area contributed by atoms with Crippen molar-refractivity contribution in [1.29, 1.82) is 0 Å². The first-order valence-corrected chi connectivity index (χ1v) is 9.33. The minimum absolute atomic E-state index is 0.232. The van der Waals surface area contributed by atoms with Crippen molar-refractivity contribution < 1.29 is 14.4 Å². The predicted octanol–water partition coefficient (Wildman–Crippen LogP) is 3.72. The molecule has 3 rings (SSSR count). The van der Waals surface area contributed by atoms with Gasteiger partial charge in [-0.2, -0.15) is 0 Å². The molecule has 30 heavy (non-hydrogen) atoms. The van der Waals surface area contributed by atoms with Gasteiger partial charge in [-0.15, -0.1) is 0 Å². The van der Waals surface area contributed by atoms with E-state index in [0.717, 1.165) is 11.1 Å². The van der Waals surface area contributed by atoms with Gasteiger partial charge in [0.2, 0.25) is 0 Å². The lowest BCUT2D eigenvalue weighted by Gasteiger charge is -2.08. The van der Waals surface area contributed by atoms with Gasteiger partial charge < -0.3 is 5.32 Å². The van der Waals surface area contributed by atoms with Gasteiger partial charge in [0.05, 0.1) is 0 Å². The topological polar surface area (TPSA) is 87.3 Å². The third-order valence-corrected chi connectivity index (χ3v) is 4.24. The first kappa shape index (κ1) is 20.5. The highest BCUT2D eigenvalue weighted by Gasteiger charge is 2.08. The lowest BCUT2D eigenvalue weighted by molar-refractivity contribution is -0.117. The second-order valence-corrected chi connectivity index (χ2v) is 6.58. The molecule has 3 aromatic rings. The van der Waals surface area contributed by atoms with Crippen molar-refractivity contribution in [3.8, 4) is 0 Å². The molecule has 0 aliphatic carbocycles. The smallest absolute Gasteiger partial charge is 0.269 e. The van der Waals surface area contributed by atoms with Crippen molar-refractivity contribution in [2.45, 2.75) is 6.92 Å². The number of benzene rings is 3. The fourth-order valence-electron chi connectivity index (χ4n) is 2.58. The zero-order valence-corrected chi connectivity index (χ0v) is 16.4. The van der Waals surface area contributed by atoms with Crippen molar-refractivity contribution in [1.82, 2.24) is 10.9 Å². The van der Waals surface area contributed by atoms with Crippen LogP contribution in [0.25, 0.3) is 6.08 Å². The molecule has 0 unspecified atom stereocenters. The Bertz CT molecular complexity index is 1060. The molecule has 0 fully saturated rings. The average Bonchev–Trinajstić information content (AvgIpc) is 2.77. The Hall–Kier alpha value is -4.19. The number of hydrogen-bond donors (Lipinski definition) is 3. The van der Waals surface area contributed by atoms with Gasteiger partial charge in [-0.1, -0.05) is 48.0 Å². The Morgan fingerprint density at radius 2 is 1.30 bits per heavy atom. The van der Waals surface area contributed by atoms with E-state index in [1.165, 1.54) is 6.08 Å². The Balaban J connectivity index is 1.51. The van der Waals surface area contributed by atoms with Crippen LogP contribution in [0.2, 0.25) is 0 Å². The van der Waals surface area contributed by atoms with Crippen LogP contribution >= 0.6 is 0 Å². The number of carbonyl (C=O) groups is 3. The van der Waals surface area contributed by atoms with Gasteiger partial charge >= 0.3 is 0 Å². The Morgan fingerprint density at radius 3 is 1.97 bits per heavy atom. The Kier molecular flexibility index (Phi) is 6.74. The number of anilines is 1. The van der Waals surface area contributed by atoms with E-state index in [4.69, 9.17) is 0 Å². The van der Waals surface area contributed by atoms with Crippen molar-refractivity contribution in [2.75, 3.05) is 5.32 Å². The molecule has 3 N–H and O–H groups in total. The highest BCUT2D eigenvalue weighted by Crippen LogP contribution is 2.12. The van der Waals surface area contributed by atoms with Crippen LogP contribution in [-0.4, -0.2) is 17.7 Å². The number of carbonyl (C=O) groups excluding carboxylic acids is 3. The van der Waals surface area contributed by atoms with E-state index in [2.05, 4.69) is 16.2 Å². The zero-order valence-electron chi connectivity index (χ0n) is 16.4. The fraction of sp³-hybridized carbons (Fsp3) is 0.0417. The maximum Gasteiger partial charge on any atom is 0.269 e. The number of hydrogen-bond acceptors (Lipinski definition) is 3. The van der Waals surface area contributed by atoms with Crippen molar-refractivity contribution in [3.63, 3.8) is 0 Å². The van der Waals surface area contributed by atoms with E-state index < -0.39 is 11.8 Å². The van der Waals surface area contributed by atoms with Crippen molar-refractivity contribution in [3.05, 3.63) is 107 Å². The van der Waals surface area contributed by atoms with Crippen LogP contribution in [0.3, 0.4) is 0 Å². The number of nitrogens with one attached hydrogen (secondary N) is 3. The molecular formula is C24H21N3O3. The molecule has 0 spiro atoms. The van der Waals surface area contributed by atoms with Crippen molar-refractivity contribution >= 4 is 29.5 Å². The number of amides is 3. The number of aryl methyl sites for hydroxylation is 1. The maximum absolute atomic E-state index is 12.2. The first-order valence-electron chi connectivity index (χ1n) is 9.33. The monoisotopic (exact) mass is 399 g/mol. The summed E-state index contributed by atoms with van der Waals surface area (Å²) in [6.07, 6.45) is 2.98. The molecular weight excluding hydrogens is 378 g/mol. The van der Waals surface area contributed by atoms with E-state index in [9.17, 15) is 14.4 Å². The zero-order chi connectivity index (χ0) is 21.3. The lowest BCUT2D eigenvalue weighted by atomic mass is 10.1. The van der Waals surface area contributed by atoms with Gasteiger partial charge in [-0.3, -0.25) is 25.2 Å². The molecule has 0 radical (unpaired) electrons. The normalized spacial score (nSPS) is 10.4. The lowest BCUT2D eigenvalue weighted by Crippen LogP contribution is -2.40. The van der Waals surface area contributed by atoms with Gasteiger partial charge in [0, 0.05) is 22.9 Å². The Labute approximate surface area is 174 Å². The second-order valence-electron chi connectivity index (χ2n) is 6.58. The Morgan fingerprint density at radius 1 is 0.700 bits per heavy atom. The molecule has 3 amide bonds. The molecule has 0 saturated carbocycles. The SMILES string of the molecule is Cc1ccc(C(=O)Nc2ccc(C(=O)NNC(=O)/C=C/c3ccccc3)cc2)cc1. The van der Waals surface area contributed by atoms with E-state index >= 15 is 0 Å². The van der Waals surface area contributed by atoms with Crippen LogP contribution in [0, 0.1) is 6.92 Å². The molecule has 150 valence electrons. The molecule has 6 nitrogen and oxygen atoms in total. The van der Waals surface area contributed by atoms with E-state index in [-0.39, 0.29) is 5.91 Å². The van der Waals surface area contributed by atoms with Gasteiger partial charge in [-0.05, 0) is 55.0 Å². The van der Waals surface area contributed by atoms with Gasteiger partial charge in [-0.25, -0.2) is 0 Å². The molecule has 0 bridgehead atoms. The van der Waals surface area contributed by atoms with Crippen molar-refractivity contribution in [2.24, 2.45) is 0 Å². The maximum atomic E-state index is 12.2. The molecule has 3 aromatic carbocycles. The molecule has 0 atom stereocenters. The van der Waals surface area contributed by atoms with Crippen LogP contribution < -0.4 is 16.2 Å². The van der Waals surface area contributed by atoms with Crippen LogP contribution in [-0.2, 0) is 4.79 Å². The van der Waals surface area contributed by atoms with E-state index in [1.54, 1.807) is 42.5 Å². The number of hydrazine groups is 1. The molecule has 0 aromatic heterocycles. The second kappa shape index (κ2) is 9.84. The summed E-state index contributed by atoms with van der Waals surface area (Å²) < 4.78 is 0. The minimum atomic E-state index is -0.465. The van der Waals surface area contributed by atoms with E-state index in [0.29, 0.717) is 16.8 Å². The first-order chi connectivity index (χ1) is 14.5. The third-order valence-electron chi connectivity index (χ3n) is 4.24.